The topological polar surface area (TPSA) is 29.5 Å². The molecule has 2 heteroatoms. The molecular formula is C17H26O2. The molecule has 1 atom stereocenters. The summed E-state index contributed by atoms with van der Waals surface area (Å²) in [5, 5.41) is 9.56. The Hall–Kier alpha value is -1.12. The lowest BCUT2D eigenvalue weighted by Gasteiger charge is -2.12. The minimum absolute atomic E-state index is 0.578. The lowest BCUT2D eigenvalue weighted by atomic mass is 10.0. The Morgan fingerprint density at radius 2 is 1.95 bits per heavy atom. The van der Waals surface area contributed by atoms with Crippen molar-refractivity contribution >= 4 is 0 Å². The van der Waals surface area contributed by atoms with Crippen LogP contribution in [0.4, 0.5) is 0 Å². The van der Waals surface area contributed by atoms with Crippen molar-refractivity contribution in [1.29, 1.82) is 0 Å². The number of hydrogen-bond donors (Lipinski definition) is 1. The van der Waals surface area contributed by atoms with E-state index in [2.05, 4.69) is 25.1 Å². The molecule has 1 rings (SSSR count). The molecule has 0 radical (unpaired) electrons. The molecule has 1 aromatic carbocycles. The van der Waals surface area contributed by atoms with Crippen LogP contribution in [0.1, 0.15) is 39.2 Å². The fourth-order valence-corrected chi connectivity index (χ4v) is 1.76. The highest BCUT2D eigenvalue weighted by Crippen LogP contribution is 2.11. The first-order chi connectivity index (χ1) is 8.97. The van der Waals surface area contributed by atoms with Crippen LogP contribution in [0.3, 0.4) is 0 Å². The molecular weight excluding hydrogens is 236 g/mol. The van der Waals surface area contributed by atoms with E-state index in [9.17, 15) is 5.11 Å². The number of allylic oxidation sites excluding steroid dienone is 1. The second-order valence-corrected chi connectivity index (χ2v) is 5.72. The zero-order valence-corrected chi connectivity index (χ0v) is 12.3. The monoisotopic (exact) mass is 262 g/mol. The Balaban J connectivity index is 2.11. The molecule has 106 valence electrons. The Kier molecular flexibility index (Phi) is 6.82. The smallest absolute Gasteiger partial charge is 0.0771 e. The van der Waals surface area contributed by atoms with Crippen LogP contribution in [0, 0.1) is 5.92 Å². The minimum atomic E-state index is -0.705. The summed E-state index contributed by atoms with van der Waals surface area (Å²) in [5.74, 6) is 0.578. The average Bonchev–Trinajstić information content (AvgIpc) is 2.34. The average molecular weight is 262 g/mol. The molecule has 1 aromatic rings. The van der Waals surface area contributed by atoms with Crippen LogP contribution in [-0.4, -0.2) is 17.3 Å². The van der Waals surface area contributed by atoms with E-state index in [0.29, 0.717) is 12.5 Å². The molecule has 0 aromatic heterocycles. The molecule has 0 aliphatic rings. The zero-order chi connectivity index (χ0) is 14.1. The van der Waals surface area contributed by atoms with Crippen molar-refractivity contribution in [3.05, 3.63) is 48.0 Å². The Morgan fingerprint density at radius 3 is 2.58 bits per heavy atom. The predicted molar refractivity (Wildman–Crippen MR) is 79.9 cm³/mol. The third-order valence-electron chi connectivity index (χ3n) is 2.93. The fraction of sp³-hybridized carbons (Fsp3) is 0.529. The maximum Gasteiger partial charge on any atom is 0.0771 e. The lowest BCUT2D eigenvalue weighted by Crippen LogP contribution is -2.13. The highest BCUT2D eigenvalue weighted by molar-refractivity contribution is 5.13. The highest BCUT2D eigenvalue weighted by atomic mass is 16.5. The summed E-state index contributed by atoms with van der Waals surface area (Å²) >= 11 is 0. The lowest BCUT2D eigenvalue weighted by molar-refractivity contribution is 0.109. The van der Waals surface area contributed by atoms with Crippen molar-refractivity contribution in [2.45, 2.75) is 45.8 Å². The van der Waals surface area contributed by atoms with Crippen LogP contribution in [-0.2, 0) is 11.3 Å². The number of rotatable bonds is 8. The zero-order valence-electron chi connectivity index (χ0n) is 12.3. The number of ether oxygens (including phenoxy) is 1. The Labute approximate surface area is 117 Å². The first-order valence-corrected chi connectivity index (χ1v) is 6.99. The van der Waals surface area contributed by atoms with Crippen LogP contribution in [0.15, 0.2) is 42.5 Å². The summed E-state index contributed by atoms with van der Waals surface area (Å²) in [7, 11) is 0. The van der Waals surface area contributed by atoms with E-state index in [1.165, 1.54) is 5.56 Å². The predicted octanol–water partition coefficient (Wildman–Crippen LogP) is 3.95. The van der Waals surface area contributed by atoms with E-state index in [-0.39, 0.29) is 0 Å². The van der Waals surface area contributed by atoms with Crippen molar-refractivity contribution in [3.8, 4) is 0 Å². The van der Waals surface area contributed by atoms with Crippen molar-refractivity contribution in [2.24, 2.45) is 5.92 Å². The summed E-state index contributed by atoms with van der Waals surface area (Å²) in [4.78, 5) is 0. The highest BCUT2D eigenvalue weighted by Gasteiger charge is 2.06. The molecule has 2 nitrogen and oxygen atoms in total. The van der Waals surface area contributed by atoms with Crippen molar-refractivity contribution in [3.63, 3.8) is 0 Å². The van der Waals surface area contributed by atoms with Crippen LogP contribution in [0.5, 0.6) is 0 Å². The normalized spacial score (nSPS) is 13.9. The third kappa shape index (κ3) is 8.57. The van der Waals surface area contributed by atoms with E-state index in [0.717, 1.165) is 19.4 Å². The van der Waals surface area contributed by atoms with Crippen LogP contribution in [0.25, 0.3) is 0 Å². The van der Waals surface area contributed by atoms with E-state index < -0.39 is 5.60 Å². The summed E-state index contributed by atoms with van der Waals surface area (Å²) < 4.78 is 5.66. The van der Waals surface area contributed by atoms with Gasteiger partial charge < -0.3 is 9.84 Å². The molecule has 0 heterocycles. The largest absolute Gasteiger partial charge is 0.386 e. The van der Waals surface area contributed by atoms with Gasteiger partial charge in [0.25, 0.3) is 0 Å². The van der Waals surface area contributed by atoms with E-state index in [1.807, 2.05) is 24.3 Å². The number of aliphatic hydroxyl groups is 1. The van der Waals surface area contributed by atoms with E-state index >= 15 is 0 Å². The van der Waals surface area contributed by atoms with Gasteiger partial charge >= 0.3 is 0 Å². The summed E-state index contributed by atoms with van der Waals surface area (Å²) in [6.07, 6.45) is 5.94. The Bertz CT molecular complexity index is 363. The molecule has 0 bridgehead atoms. The third-order valence-corrected chi connectivity index (χ3v) is 2.93. The molecule has 0 saturated heterocycles. The van der Waals surface area contributed by atoms with Gasteiger partial charge in [0.1, 0.15) is 0 Å². The van der Waals surface area contributed by atoms with Gasteiger partial charge in [-0.1, -0.05) is 49.4 Å². The van der Waals surface area contributed by atoms with Gasteiger partial charge in [-0.15, -0.1) is 0 Å². The molecule has 0 unspecified atom stereocenters. The SMILES string of the molecule is C[C@H](C/C=C/C(C)(C)O)CCOCc1ccccc1. The molecule has 0 aliphatic heterocycles. The van der Waals surface area contributed by atoms with Crippen molar-refractivity contribution in [2.75, 3.05) is 6.61 Å². The van der Waals surface area contributed by atoms with Gasteiger partial charge in [-0.2, -0.15) is 0 Å². The van der Waals surface area contributed by atoms with Crippen LogP contribution in [0.2, 0.25) is 0 Å². The van der Waals surface area contributed by atoms with Crippen LogP contribution >= 0.6 is 0 Å². The maximum atomic E-state index is 9.56. The number of hydrogen-bond acceptors (Lipinski definition) is 2. The van der Waals surface area contributed by atoms with Gasteiger partial charge in [-0.05, 0) is 38.2 Å². The summed E-state index contributed by atoms with van der Waals surface area (Å²) in [5.41, 5.74) is 0.515. The van der Waals surface area contributed by atoms with Crippen molar-refractivity contribution < 1.29 is 9.84 Å². The maximum absolute atomic E-state index is 9.56. The molecule has 0 fully saturated rings. The quantitative estimate of drug-likeness (QED) is 0.568. The second-order valence-electron chi connectivity index (χ2n) is 5.72. The molecule has 0 amide bonds. The van der Waals surface area contributed by atoms with Gasteiger partial charge in [0.05, 0.1) is 12.2 Å². The molecule has 0 saturated carbocycles. The minimum Gasteiger partial charge on any atom is -0.386 e. The van der Waals surface area contributed by atoms with Gasteiger partial charge in [-0.3, -0.25) is 0 Å². The number of benzene rings is 1. The fourth-order valence-electron chi connectivity index (χ4n) is 1.76. The Morgan fingerprint density at radius 1 is 1.26 bits per heavy atom. The van der Waals surface area contributed by atoms with Crippen LogP contribution < -0.4 is 0 Å². The standard InChI is InChI=1S/C17H26O2/c1-15(8-7-12-17(2,3)18)11-13-19-14-16-9-5-4-6-10-16/h4-7,9-10,12,15,18H,8,11,13-14H2,1-3H3/b12-7+/t15-/m1/s1. The summed E-state index contributed by atoms with van der Waals surface area (Å²) in [6.45, 7) is 7.26. The van der Waals surface area contributed by atoms with Gasteiger partial charge in [0, 0.05) is 6.61 Å². The van der Waals surface area contributed by atoms with E-state index in [1.54, 1.807) is 13.8 Å². The van der Waals surface area contributed by atoms with Gasteiger partial charge in [0.2, 0.25) is 0 Å². The molecule has 1 N–H and O–H groups in total. The molecule has 0 spiro atoms. The van der Waals surface area contributed by atoms with Gasteiger partial charge in [0.15, 0.2) is 0 Å². The first kappa shape index (κ1) is 15.9. The molecule has 19 heavy (non-hydrogen) atoms. The second kappa shape index (κ2) is 8.13. The van der Waals surface area contributed by atoms with Crippen molar-refractivity contribution in [1.82, 2.24) is 0 Å². The summed E-state index contributed by atoms with van der Waals surface area (Å²) in [6, 6.07) is 10.2. The molecule has 0 aliphatic carbocycles. The van der Waals surface area contributed by atoms with Gasteiger partial charge in [-0.25, -0.2) is 0 Å². The first-order valence-electron chi connectivity index (χ1n) is 6.99. The van der Waals surface area contributed by atoms with E-state index in [4.69, 9.17) is 4.74 Å².